The number of nitrogens with zero attached hydrogens (tertiary/aromatic N) is 2. The van der Waals surface area contributed by atoms with Gasteiger partial charge in [0.1, 0.15) is 5.82 Å². The number of nitrogens with two attached hydrogens (primary N) is 1. The molecule has 0 saturated carbocycles. The summed E-state index contributed by atoms with van der Waals surface area (Å²) < 4.78 is 1.04. The second-order valence-electron chi connectivity index (χ2n) is 3.38. The Hall–Kier alpha value is -1.62. The number of anilines is 3. The number of aromatic nitrogens is 2. The van der Waals surface area contributed by atoms with Crippen LogP contribution in [0.3, 0.4) is 0 Å². The summed E-state index contributed by atoms with van der Waals surface area (Å²) in [7, 11) is 0. The van der Waals surface area contributed by atoms with Gasteiger partial charge in [0.05, 0.1) is 0 Å². The van der Waals surface area contributed by atoms with Crippen LogP contribution < -0.4 is 11.1 Å². The molecule has 0 bridgehead atoms. The molecule has 16 heavy (non-hydrogen) atoms. The zero-order valence-electron chi connectivity index (χ0n) is 8.74. The Bertz CT molecular complexity index is 476. The minimum atomic E-state index is 0.277. The van der Waals surface area contributed by atoms with Crippen LogP contribution in [0.1, 0.15) is 5.69 Å². The summed E-state index contributed by atoms with van der Waals surface area (Å²) in [5.41, 5.74) is 7.37. The molecule has 0 fully saturated rings. The summed E-state index contributed by atoms with van der Waals surface area (Å²) in [6, 6.07) is 9.67. The van der Waals surface area contributed by atoms with Gasteiger partial charge in [-0.15, -0.1) is 0 Å². The van der Waals surface area contributed by atoms with E-state index in [1.165, 1.54) is 0 Å². The Morgan fingerprint density at radius 2 is 1.88 bits per heavy atom. The van der Waals surface area contributed by atoms with Crippen LogP contribution in [0.4, 0.5) is 17.5 Å². The molecule has 4 nitrogen and oxygen atoms in total. The van der Waals surface area contributed by atoms with Gasteiger partial charge in [-0.05, 0) is 31.2 Å². The molecule has 3 N–H and O–H groups in total. The Labute approximate surface area is 102 Å². The van der Waals surface area contributed by atoms with Crippen LogP contribution in [-0.4, -0.2) is 9.97 Å². The van der Waals surface area contributed by atoms with Crippen LogP contribution in [-0.2, 0) is 0 Å². The van der Waals surface area contributed by atoms with E-state index in [0.717, 1.165) is 15.9 Å². The number of hydrogen-bond donors (Lipinski definition) is 2. The fourth-order valence-electron chi connectivity index (χ4n) is 1.34. The molecular weight excluding hydrogens is 268 g/mol. The summed E-state index contributed by atoms with van der Waals surface area (Å²) in [4.78, 5) is 8.10. The average Bonchev–Trinajstić information content (AvgIpc) is 2.20. The van der Waals surface area contributed by atoms with Crippen molar-refractivity contribution in [3.8, 4) is 0 Å². The van der Waals surface area contributed by atoms with Crippen LogP contribution >= 0.6 is 15.9 Å². The first-order valence-electron chi connectivity index (χ1n) is 4.77. The molecule has 0 amide bonds. The fourth-order valence-corrected chi connectivity index (χ4v) is 1.60. The van der Waals surface area contributed by atoms with Crippen molar-refractivity contribution in [3.05, 3.63) is 40.5 Å². The van der Waals surface area contributed by atoms with Crippen molar-refractivity contribution in [2.75, 3.05) is 11.1 Å². The first kappa shape index (κ1) is 10.9. The van der Waals surface area contributed by atoms with E-state index in [1.54, 1.807) is 0 Å². The Morgan fingerprint density at radius 3 is 2.50 bits per heavy atom. The largest absolute Gasteiger partial charge is 0.368 e. The fraction of sp³-hybridized carbons (Fsp3) is 0.0909. The molecule has 0 aliphatic rings. The second kappa shape index (κ2) is 4.49. The van der Waals surface area contributed by atoms with Gasteiger partial charge in [0, 0.05) is 21.9 Å². The Balaban J connectivity index is 2.23. The molecule has 0 spiro atoms. The molecule has 0 aliphatic heterocycles. The van der Waals surface area contributed by atoms with Gasteiger partial charge >= 0.3 is 0 Å². The number of benzene rings is 1. The number of halogens is 1. The molecule has 0 saturated heterocycles. The quantitative estimate of drug-likeness (QED) is 0.887. The van der Waals surface area contributed by atoms with Gasteiger partial charge in [0.2, 0.25) is 5.95 Å². The van der Waals surface area contributed by atoms with Crippen molar-refractivity contribution < 1.29 is 0 Å². The number of hydrogen-bond acceptors (Lipinski definition) is 4. The average molecular weight is 279 g/mol. The van der Waals surface area contributed by atoms with Gasteiger partial charge in [0.15, 0.2) is 0 Å². The van der Waals surface area contributed by atoms with Crippen molar-refractivity contribution in [1.82, 2.24) is 9.97 Å². The summed E-state index contributed by atoms with van der Waals surface area (Å²) in [5, 5.41) is 3.16. The van der Waals surface area contributed by atoms with E-state index < -0.39 is 0 Å². The third-order valence-corrected chi connectivity index (χ3v) is 2.52. The SMILES string of the molecule is Cc1cc(Nc2ccc(Br)cc2)nc(N)n1. The van der Waals surface area contributed by atoms with Crippen LogP contribution in [0.5, 0.6) is 0 Å². The van der Waals surface area contributed by atoms with Gasteiger partial charge in [-0.25, -0.2) is 4.98 Å². The minimum Gasteiger partial charge on any atom is -0.368 e. The number of nitrogens with one attached hydrogen (secondary N) is 1. The van der Waals surface area contributed by atoms with Crippen molar-refractivity contribution in [3.63, 3.8) is 0 Å². The molecule has 2 rings (SSSR count). The van der Waals surface area contributed by atoms with Gasteiger partial charge < -0.3 is 11.1 Å². The molecule has 0 radical (unpaired) electrons. The van der Waals surface area contributed by atoms with Crippen molar-refractivity contribution in [2.24, 2.45) is 0 Å². The maximum Gasteiger partial charge on any atom is 0.222 e. The summed E-state index contributed by atoms with van der Waals surface area (Å²) in [6.45, 7) is 1.88. The van der Waals surface area contributed by atoms with Crippen LogP contribution in [0, 0.1) is 6.92 Å². The van der Waals surface area contributed by atoms with Crippen LogP contribution in [0.25, 0.3) is 0 Å². The molecule has 5 heteroatoms. The van der Waals surface area contributed by atoms with E-state index in [-0.39, 0.29) is 5.95 Å². The molecular formula is C11H11BrN4. The maximum atomic E-state index is 5.57. The standard InChI is InChI=1S/C11H11BrN4/c1-7-6-10(16-11(13)14-7)15-9-4-2-8(12)3-5-9/h2-6H,1H3,(H3,13,14,15,16). The summed E-state index contributed by atoms with van der Waals surface area (Å²) >= 11 is 3.38. The highest BCUT2D eigenvalue weighted by Gasteiger charge is 1.99. The molecule has 0 atom stereocenters. The lowest BCUT2D eigenvalue weighted by atomic mass is 10.3. The highest BCUT2D eigenvalue weighted by molar-refractivity contribution is 9.10. The molecule has 1 aromatic carbocycles. The van der Waals surface area contributed by atoms with Crippen molar-refractivity contribution in [1.29, 1.82) is 0 Å². The molecule has 2 aromatic rings. The van der Waals surface area contributed by atoms with E-state index in [9.17, 15) is 0 Å². The molecule has 0 aliphatic carbocycles. The topological polar surface area (TPSA) is 63.8 Å². The van der Waals surface area contributed by atoms with Gasteiger partial charge in [0.25, 0.3) is 0 Å². The lowest BCUT2D eigenvalue weighted by molar-refractivity contribution is 1.12. The predicted molar refractivity (Wildman–Crippen MR) is 68.6 cm³/mol. The van der Waals surface area contributed by atoms with E-state index in [4.69, 9.17) is 5.73 Å². The van der Waals surface area contributed by atoms with Gasteiger partial charge in [-0.3, -0.25) is 0 Å². The third-order valence-electron chi connectivity index (χ3n) is 1.99. The Morgan fingerprint density at radius 1 is 1.19 bits per heavy atom. The third kappa shape index (κ3) is 2.70. The number of rotatable bonds is 2. The molecule has 82 valence electrons. The first-order chi connectivity index (χ1) is 7.63. The predicted octanol–water partition coefficient (Wildman–Crippen LogP) is 2.87. The highest BCUT2D eigenvalue weighted by atomic mass is 79.9. The second-order valence-corrected chi connectivity index (χ2v) is 4.30. The highest BCUT2D eigenvalue weighted by Crippen LogP contribution is 2.18. The van der Waals surface area contributed by atoms with Crippen molar-refractivity contribution >= 4 is 33.4 Å². The monoisotopic (exact) mass is 278 g/mol. The van der Waals surface area contributed by atoms with Crippen LogP contribution in [0.2, 0.25) is 0 Å². The molecule has 1 aromatic heterocycles. The summed E-state index contributed by atoms with van der Waals surface area (Å²) in [6.07, 6.45) is 0. The zero-order valence-corrected chi connectivity index (χ0v) is 10.3. The minimum absolute atomic E-state index is 0.277. The van der Waals surface area contributed by atoms with E-state index in [0.29, 0.717) is 5.82 Å². The van der Waals surface area contributed by atoms with E-state index in [2.05, 4.69) is 31.2 Å². The van der Waals surface area contributed by atoms with Crippen molar-refractivity contribution in [2.45, 2.75) is 6.92 Å². The number of nitrogen functional groups attached to an aromatic ring is 1. The van der Waals surface area contributed by atoms with Gasteiger partial charge in [-0.1, -0.05) is 15.9 Å². The van der Waals surface area contributed by atoms with E-state index >= 15 is 0 Å². The number of aryl methyl sites for hydroxylation is 1. The van der Waals surface area contributed by atoms with Crippen LogP contribution in [0.15, 0.2) is 34.8 Å². The Kier molecular flexibility index (Phi) is 3.05. The molecule has 1 heterocycles. The summed E-state index contributed by atoms with van der Waals surface area (Å²) in [5.74, 6) is 0.979. The zero-order chi connectivity index (χ0) is 11.5. The molecule has 0 unspecified atom stereocenters. The normalized spacial score (nSPS) is 10.1. The van der Waals surface area contributed by atoms with Gasteiger partial charge in [-0.2, -0.15) is 4.98 Å². The smallest absolute Gasteiger partial charge is 0.222 e. The first-order valence-corrected chi connectivity index (χ1v) is 5.56. The maximum absolute atomic E-state index is 5.57. The van der Waals surface area contributed by atoms with E-state index in [1.807, 2.05) is 37.3 Å². The lowest BCUT2D eigenvalue weighted by Gasteiger charge is -2.06. The lowest BCUT2D eigenvalue weighted by Crippen LogP contribution is -2.01.